The Balaban J connectivity index is 1.79. The zero-order valence-electron chi connectivity index (χ0n) is 13.0. The Hall–Kier alpha value is -1.86. The van der Waals surface area contributed by atoms with Gasteiger partial charge in [-0.05, 0) is 25.3 Å². The molecule has 0 aliphatic heterocycles. The van der Waals surface area contributed by atoms with Crippen molar-refractivity contribution in [2.24, 2.45) is 7.05 Å². The van der Waals surface area contributed by atoms with Gasteiger partial charge in [0, 0.05) is 36.1 Å². The van der Waals surface area contributed by atoms with E-state index in [0.717, 1.165) is 6.42 Å². The lowest BCUT2D eigenvalue weighted by Crippen LogP contribution is -2.46. The summed E-state index contributed by atoms with van der Waals surface area (Å²) in [5, 5.41) is 22.0. The molecule has 0 aromatic carbocycles. The van der Waals surface area contributed by atoms with Gasteiger partial charge in [0.25, 0.3) is 0 Å². The molecule has 120 valence electrons. The summed E-state index contributed by atoms with van der Waals surface area (Å²) >= 11 is 1.67. The molecule has 3 N–H and O–H groups in total. The second kappa shape index (κ2) is 6.93. The Bertz CT molecular complexity index is 607. The lowest BCUT2D eigenvalue weighted by molar-refractivity contribution is 0.0592. The molecule has 6 nitrogen and oxygen atoms in total. The van der Waals surface area contributed by atoms with Crippen molar-refractivity contribution in [3.05, 3.63) is 40.3 Å². The number of hydrogen-bond acceptors (Lipinski definition) is 4. The van der Waals surface area contributed by atoms with Crippen LogP contribution in [0.5, 0.6) is 0 Å². The number of aromatic nitrogens is 2. The maximum Gasteiger partial charge on any atom is 0.315 e. The van der Waals surface area contributed by atoms with Gasteiger partial charge in [-0.15, -0.1) is 11.3 Å². The summed E-state index contributed by atoms with van der Waals surface area (Å²) in [5.41, 5.74) is -0.482. The Morgan fingerprint density at radius 1 is 1.59 bits per heavy atom. The van der Waals surface area contributed by atoms with Crippen molar-refractivity contribution in [1.29, 1.82) is 0 Å². The zero-order valence-corrected chi connectivity index (χ0v) is 13.9. The van der Waals surface area contributed by atoms with E-state index in [1.54, 1.807) is 42.4 Å². The van der Waals surface area contributed by atoms with Crippen LogP contribution in [0.1, 0.15) is 24.3 Å². The summed E-state index contributed by atoms with van der Waals surface area (Å²) in [4.78, 5) is 13.1. The quantitative estimate of drug-likeness (QED) is 0.756. The fraction of sp³-hybridized carbons (Fsp3) is 0.467. The first-order valence-corrected chi connectivity index (χ1v) is 8.03. The van der Waals surface area contributed by atoms with Gasteiger partial charge in [-0.25, -0.2) is 4.79 Å². The fourth-order valence-electron chi connectivity index (χ4n) is 2.11. The van der Waals surface area contributed by atoms with Gasteiger partial charge >= 0.3 is 6.03 Å². The number of aryl methyl sites for hydroxylation is 1. The lowest BCUT2D eigenvalue weighted by atomic mass is 10.00. The molecule has 2 atom stereocenters. The molecule has 0 bridgehead atoms. The van der Waals surface area contributed by atoms with Crippen LogP contribution in [0.4, 0.5) is 4.79 Å². The summed E-state index contributed by atoms with van der Waals surface area (Å²) < 4.78 is 1.62. The summed E-state index contributed by atoms with van der Waals surface area (Å²) in [6.45, 7) is 3.73. The van der Waals surface area contributed by atoms with Crippen LogP contribution in [-0.4, -0.2) is 33.5 Å². The van der Waals surface area contributed by atoms with Crippen molar-refractivity contribution in [2.75, 3.05) is 6.54 Å². The van der Waals surface area contributed by atoms with E-state index < -0.39 is 5.60 Å². The molecule has 0 aliphatic carbocycles. The minimum atomic E-state index is -1.15. The van der Waals surface area contributed by atoms with Crippen LogP contribution in [0.2, 0.25) is 0 Å². The van der Waals surface area contributed by atoms with Crippen molar-refractivity contribution in [3.63, 3.8) is 0 Å². The molecule has 2 heterocycles. The van der Waals surface area contributed by atoms with Crippen LogP contribution < -0.4 is 10.6 Å². The van der Waals surface area contributed by atoms with Crippen molar-refractivity contribution in [1.82, 2.24) is 20.4 Å². The Morgan fingerprint density at radius 3 is 2.95 bits per heavy atom. The van der Waals surface area contributed by atoms with Crippen LogP contribution in [0.15, 0.2) is 29.9 Å². The van der Waals surface area contributed by atoms with Gasteiger partial charge in [-0.3, -0.25) is 4.68 Å². The van der Waals surface area contributed by atoms with Gasteiger partial charge in [-0.2, -0.15) is 5.10 Å². The van der Waals surface area contributed by atoms with Gasteiger partial charge in [0.2, 0.25) is 0 Å². The van der Waals surface area contributed by atoms with Crippen LogP contribution in [0, 0.1) is 0 Å². The maximum absolute atomic E-state index is 11.9. The topological polar surface area (TPSA) is 79.2 Å². The van der Waals surface area contributed by atoms with Crippen LogP contribution in [0.25, 0.3) is 0 Å². The van der Waals surface area contributed by atoms with Crippen LogP contribution >= 0.6 is 11.3 Å². The van der Waals surface area contributed by atoms with Crippen molar-refractivity contribution >= 4 is 17.4 Å². The van der Waals surface area contributed by atoms with Gasteiger partial charge in [0.15, 0.2) is 0 Å². The molecule has 0 aliphatic rings. The average molecular weight is 322 g/mol. The van der Waals surface area contributed by atoms with E-state index >= 15 is 0 Å². The number of carbonyl (C=O) groups excluding carboxylic acids is 1. The largest absolute Gasteiger partial charge is 0.383 e. The zero-order chi connectivity index (χ0) is 16.2. The molecule has 0 saturated heterocycles. The van der Waals surface area contributed by atoms with E-state index in [2.05, 4.69) is 15.7 Å². The first-order chi connectivity index (χ1) is 10.4. The number of thiophene rings is 1. The SMILES string of the molecule is CC(Cc1cccs1)NC(=O)NCC(C)(O)c1cnn(C)c1. The first-order valence-electron chi connectivity index (χ1n) is 7.15. The normalized spacial score (nSPS) is 15.1. The van der Waals surface area contributed by atoms with E-state index in [9.17, 15) is 9.90 Å². The summed E-state index contributed by atoms with van der Waals surface area (Å²) in [6.07, 6.45) is 4.13. The monoisotopic (exact) mass is 322 g/mol. The number of carbonyl (C=O) groups is 1. The molecular weight excluding hydrogens is 300 g/mol. The Kier molecular flexibility index (Phi) is 5.20. The number of aliphatic hydroxyl groups is 1. The number of urea groups is 1. The molecule has 2 aromatic heterocycles. The second-order valence-corrected chi connectivity index (χ2v) is 6.72. The number of hydrogen-bond donors (Lipinski definition) is 3. The van der Waals surface area contributed by atoms with E-state index in [1.807, 2.05) is 24.4 Å². The van der Waals surface area contributed by atoms with Crippen molar-refractivity contribution in [3.8, 4) is 0 Å². The minimum Gasteiger partial charge on any atom is -0.383 e. The fourth-order valence-corrected chi connectivity index (χ4v) is 2.95. The summed E-state index contributed by atoms with van der Waals surface area (Å²) in [5.74, 6) is 0. The van der Waals surface area contributed by atoms with Crippen LogP contribution in [0.3, 0.4) is 0 Å². The van der Waals surface area contributed by atoms with Gasteiger partial charge in [0.1, 0.15) is 5.60 Å². The second-order valence-electron chi connectivity index (χ2n) is 5.69. The highest BCUT2D eigenvalue weighted by Crippen LogP contribution is 2.18. The molecule has 2 unspecified atom stereocenters. The molecule has 2 aromatic rings. The third kappa shape index (κ3) is 4.57. The minimum absolute atomic E-state index is 0.0296. The molecule has 7 heteroatoms. The molecule has 0 fully saturated rings. The number of amides is 2. The molecule has 2 amide bonds. The van der Waals surface area contributed by atoms with E-state index in [1.165, 1.54) is 4.88 Å². The molecule has 0 radical (unpaired) electrons. The van der Waals surface area contributed by atoms with Gasteiger partial charge in [-0.1, -0.05) is 6.07 Å². The number of nitrogens with zero attached hydrogens (tertiary/aromatic N) is 2. The summed E-state index contributed by atoms with van der Waals surface area (Å²) in [6, 6.07) is 3.79. The van der Waals surface area contributed by atoms with Gasteiger partial charge < -0.3 is 15.7 Å². The molecule has 2 rings (SSSR count). The first kappa shape index (κ1) is 16.5. The molecule has 0 saturated carbocycles. The molecular formula is C15H22N4O2S. The van der Waals surface area contributed by atoms with Crippen molar-refractivity contribution < 1.29 is 9.90 Å². The summed E-state index contributed by atoms with van der Waals surface area (Å²) in [7, 11) is 1.78. The van der Waals surface area contributed by atoms with Gasteiger partial charge in [0.05, 0.1) is 12.7 Å². The Morgan fingerprint density at radius 2 is 2.36 bits per heavy atom. The predicted octanol–water partition coefficient (Wildman–Crippen LogP) is 1.62. The number of rotatable bonds is 6. The lowest BCUT2D eigenvalue weighted by Gasteiger charge is -2.23. The average Bonchev–Trinajstić information content (AvgIpc) is 3.08. The smallest absolute Gasteiger partial charge is 0.315 e. The third-order valence-electron chi connectivity index (χ3n) is 3.38. The standard InChI is InChI=1S/C15H22N4O2S/c1-11(7-13-5-4-6-22-13)18-14(20)16-10-15(2,21)12-8-17-19(3)9-12/h4-6,8-9,11,21H,7,10H2,1-3H3,(H2,16,18,20). The predicted molar refractivity (Wildman–Crippen MR) is 86.8 cm³/mol. The van der Waals surface area contributed by atoms with Crippen LogP contribution in [-0.2, 0) is 19.1 Å². The highest BCUT2D eigenvalue weighted by atomic mass is 32.1. The highest BCUT2D eigenvalue weighted by molar-refractivity contribution is 7.09. The third-order valence-corrected chi connectivity index (χ3v) is 4.28. The van der Waals surface area contributed by atoms with Crippen molar-refractivity contribution in [2.45, 2.75) is 31.9 Å². The molecule has 22 heavy (non-hydrogen) atoms. The van der Waals surface area contributed by atoms with E-state index in [4.69, 9.17) is 0 Å². The van der Waals surface area contributed by atoms with E-state index in [-0.39, 0.29) is 18.6 Å². The Labute approximate surface area is 134 Å². The van der Waals surface area contributed by atoms with E-state index in [0.29, 0.717) is 5.56 Å². The maximum atomic E-state index is 11.9. The number of nitrogens with one attached hydrogen (secondary N) is 2. The molecule has 0 spiro atoms. The highest BCUT2D eigenvalue weighted by Gasteiger charge is 2.25.